The summed E-state index contributed by atoms with van der Waals surface area (Å²) >= 11 is 0. The molecule has 3 atom stereocenters. The molecule has 1 aliphatic heterocycles. The second kappa shape index (κ2) is 5.19. The molecule has 2 nitrogen and oxygen atoms in total. The van der Waals surface area contributed by atoms with Gasteiger partial charge in [0, 0.05) is 6.04 Å². The molecule has 1 fully saturated rings. The van der Waals surface area contributed by atoms with Crippen LogP contribution in [0.3, 0.4) is 0 Å². The van der Waals surface area contributed by atoms with Crippen molar-refractivity contribution in [2.45, 2.75) is 45.6 Å². The Kier molecular flexibility index (Phi) is 3.85. The number of hydrogen-bond acceptors (Lipinski definition) is 2. The van der Waals surface area contributed by atoms with Gasteiger partial charge in [-0.2, -0.15) is 0 Å². The lowest BCUT2D eigenvalue weighted by Gasteiger charge is -2.22. The lowest BCUT2D eigenvalue weighted by Crippen LogP contribution is -2.32. The summed E-state index contributed by atoms with van der Waals surface area (Å²) < 4.78 is 6.21. The van der Waals surface area contributed by atoms with Gasteiger partial charge in [-0.15, -0.1) is 0 Å². The summed E-state index contributed by atoms with van der Waals surface area (Å²) in [5, 5.41) is 0. The molecule has 0 spiro atoms. The van der Waals surface area contributed by atoms with Crippen molar-refractivity contribution in [3.05, 3.63) is 35.9 Å². The first kappa shape index (κ1) is 12.6. The predicted molar refractivity (Wildman–Crippen MR) is 70.7 cm³/mol. The Balaban J connectivity index is 2.11. The first-order valence-corrected chi connectivity index (χ1v) is 6.52. The van der Waals surface area contributed by atoms with Crippen LogP contribution >= 0.6 is 0 Å². The lowest BCUT2D eigenvalue weighted by molar-refractivity contribution is -0.00582. The molecule has 1 saturated heterocycles. The first-order valence-electron chi connectivity index (χ1n) is 6.52. The predicted octanol–water partition coefficient (Wildman–Crippen LogP) is 3.45. The van der Waals surface area contributed by atoms with Gasteiger partial charge in [-0.3, -0.25) is 4.90 Å². The quantitative estimate of drug-likeness (QED) is 0.793. The largest absolute Gasteiger partial charge is 0.354 e. The van der Waals surface area contributed by atoms with E-state index in [4.69, 9.17) is 4.74 Å². The average molecular weight is 233 g/mol. The molecule has 0 bridgehead atoms. The van der Waals surface area contributed by atoms with E-state index in [0.29, 0.717) is 12.0 Å². The van der Waals surface area contributed by atoms with Gasteiger partial charge in [0.05, 0.1) is 6.10 Å². The van der Waals surface area contributed by atoms with Gasteiger partial charge in [0.25, 0.3) is 0 Å². The van der Waals surface area contributed by atoms with E-state index in [1.165, 1.54) is 5.56 Å². The molecule has 0 amide bonds. The number of rotatable bonds is 3. The highest BCUT2D eigenvalue weighted by Crippen LogP contribution is 2.35. The number of likely N-dealkylation sites (N-methyl/N-ethyl adjacent to an activating group) is 1. The van der Waals surface area contributed by atoms with Crippen LogP contribution in [0.1, 0.15) is 38.9 Å². The van der Waals surface area contributed by atoms with E-state index >= 15 is 0 Å². The molecule has 2 heteroatoms. The molecule has 0 aromatic heterocycles. The van der Waals surface area contributed by atoms with Crippen LogP contribution in [0.15, 0.2) is 30.3 Å². The van der Waals surface area contributed by atoms with Gasteiger partial charge in [-0.05, 0) is 31.9 Å². The van der Waals surface area contributed by atoms with Gasteiger partial charge in [0.15, 0.2) is 0 Å². The Morgan fingerprint density at radius 3 is 2.47 bits per heavy atom. The average Bonchev–Trinajstić information content (AvgIpc) is 2.58. The van der Waals surface area contributed by atoms with Crippen LogP contribution in [-0.4, -0.2) is 24.2 Å². The zero-order valence-corrected chi connectivity index (χ0v) is 11.3. The number of benzene rings is 1. The standard InChI is InChI=1S/C15H23NO/c1-11(2)10-14-16(4)12(3)15(17-14)13-8-6-5-7-9-13/h5-9,11-12,14-15H,10H2,1-4H3. The molecule has 0 aliphatic carbocycles. The van der Waals surface area contributed by atoms with E-state index in [9.17, 15) is 0 Å². The maximum absolute atomic E-state index is 6.21. The number of nitrogens with zero attached hydrogens (tertiary/aromatic N) is 1. The van der Waals surface area contributed by atoms with E-state index in [0.717, 1.165) is 6.42 Å². The van der Waals surface area contributed by atoms with Crippen molar-refractivity contribution >= 4 is 0 Å². The first-order chi connectivity index (χ1) is 8.09. The van der Waals surface area contributed by atoms with Crippen molar-refractivity contribution in [2.24, 2.45) is 5.92 Å². The van der Waals surface area contributed by atoms with Crippen LogP contribution in [-0.2, 0) is 4.74 Å². The molecule has 0 saturated carbocycles. The van der Waals surface area contributed by atoms with E-state index in [-0.39, 0.29) is 12.3 Å². The summed E-state index contributed by atoms with van der Waals surface area (Å²) in [5.74, 6) is 0.671. The van der Waals surface area contributed by atoms with Crippen LogP contribution in [0.5, 0.6) is 0 Å². The van der Waals surface area contributed by atoms with Crippen molar-refractivity contribution in [1.29, 1.82) is 0 Å². The van der Waals surface area contributed by atoms with Crippen molar-refractivity contribution in [3.8, 4) is 0 Å². The molecule has 17 heavy (non-hydrogen) atoms. The molecular weight excluding hydrogens is 210 g/mol. The highest BCUT2D eigenvalue weighted by Gasteiger charge is 2.37. The molecular formula is C15H23NO. The molecule has 94 valence electrons. The van der Waals surface area contributed by atoms with E-state index in [1.807, 2.05) is 0 Å². The zero-order valence-electron chi connectivity index (χ0n) is 11.3. The second-order valence-electron chi connectivity index (χ2n) is 5.46. The zero-order chi connectivity index (χ0) is 12.4. The molecule has 1 aromatic carbocycles. The lowest BCUT2D eigenvalue weighted by atomic mass is 10.0. The van der Waals surface area contributed by atoms with E-state index in [2.05, 4.69) is 63.1 Å². The van der Waals surface area contributed by atoms with Gasteiger partial charge in [-0.1, -0.05) is 44.2 Å². The fraction of sp³-hybridized carbons (Fsp3) is 0.600. The second-order valence-corrected chi connectivity index (χ2v) is 5.46. The van der Waals surface area contributed by atoms with Crippen molar-refractivity contribution in [2.75, 3.05) is 7.05 Å². The SMILES string of the molecule is CC(C)CC1OC(c2ccccc2)C(C)N1C. The van der Waals surface area contributed by atoms with Crippen LogP contribution < -0.4 is 0 Å². The van der Waals surface area contributed by atoms with Crippen LogP contribution in [0, 0.1) is 5.92 Å². The normalized spacial score (nSPS) is 30.1. The van der Waals surface area contributed by atoms with Gasteiger partial charge < -0.3 is 4.74 Å². The Morgan fingerprint density at radius 1 is 1.24 bits per heavy atom. The van der Waals surface area contributed by atoms with Gasteiger partial charge in [0.2, 0.25) is 0 Å². The highest BCUT2D eigenvalue weighted by molar-refractivity contribution is 5.20. The summed E-state index contributed by atoms with van der Waals surface area (Å²) in [4.78, 5) is 2.36. The molecule has 0 N–H and O–H groups in total. The third-order valence-electron chi connectivity index (χ3n) is 3.64. The molecule has 2 rings (SSSR count). The summed E-state index contributed by atoms with van der Waals surface area (Å²) in [6.45, 7) is 6.74. The highest BCUT2D eigenvalue weighted by atomic mass is 16.5. The number of ether oxygens (including phenoxy) is 1. The van der Waals surface area contributed by atoms with Crippen LogP contribution in [0.25, 0.3) is 0 Å². The summed E-state index contributed by atoms with van der Waals surface area (Å²) in [6, 6.07) is 11.0. The fourth-order valence-corrected chi connectivity index (χ4v) is 2.48. The minimum Gasteiger partial charge on any atom is -0.354 e. The molecule has 1 aromatic rings. The Hall–Kier alpha value is -0.860. The Labute approximate surface area is 105 Å². The number of hydrogen-bond donors (Lipinski definition) is 0. The topological polar surface area (TPSA) is 12.5 Å². The molecule has 1 heterocycles. The Bertz CT molecular complexity index is 349. The van der Waals surface area contributed by atoms with E-state index in [1.54, 1.807) is 0 Å². The maximum atomic E-state index is 6.21. The van der Waals surface area contributed by atoms with Gasteiger partial charge >= 0.3 is 0 Å². The van der Waals surface area contributed by atoms with Crippen molar-refractivity contribution in [1.82, 2.24) is 4.90 Å². The third kappa shape index (κ3) is 2.70. The molecule has 1 aliphatic rings. The summed E-state index contributed by atoms with van der Waals surface area (Å²) in [7, 11) is 2.17. The monoisotopic (exact) mass is 233 g/mol. The van der Waals surface area contributed by atoms with Crippen molar-refractivity contribution in [3.63, 3.8) is 0 Å². The van der Waals surface area contributed by atoms with E-state index < -0.39 is 0 Å². The van der Waals surface area contributed by atoms with Crippen LogP contribution in [0.2, 0.25) is 0 Å². The molecule has 3 unspecified atom stereocenters. The minimum atomic E-state index is 0.213. The van der Waals surface area contributed by atoms with Gasteiger partial charge in [0.1, 0.15) is 6.23 Å². The fourth-order valence-electron chi connectivity index (χ4n) is 2.48. The smallest absolute Gasteiger partial charge is 0.111 e. The van der Waals surface area contributed by atoms with Gasteiger partial charge in [-0.25, -0.2) is 0 Å². The molecule has 0 radical (unpaired) electrons. The minimum absolute atomic E-state index is 0.213. The maximum Gasteiger partial charge on any atom is 0.111 e. The summed E-state index contributed by atoms with van der Waals surface area (Å²) in [5.41, 5.74) is 1.29. The van der Waals surface area contributed by atoms with Crippen LogP contribution in [0.4, 0.5) is 0 Å². The van der Waals surface area contributed by atoms with Crippen molar-refractivity contribution < 1.29 is 4.74 Å². The summed E-state index contributed by atoms with van der Waals surface area (Å²) in [6.07, 6.45) is 1.57. The third-order valence-corrected chi connectivity index (χ3v) is 3.64. The Morgan fingerprint density at radius 2 is 1.88 bits per heavy atom.